The van der Waals surface area contributed by atoms with Crippen LogP contribution in [-0.4, -0.2) is 64.7 Å². The van der Waals surface area contributed by atoms with Gasteiger partial charge in [0.05, 0.1) is 12.9 Å². The summed E-state index contributed by atoms with van der Waals surface area (Å²) in [5.41, 5.74) is -1.16. The molecule has 0 unspecified atom stereocenters. The van der Waals surface area contributed by atoms with Gasteiger partial charge in [0.25, 0.3) is 5.56 Å². The molecule has 2 N–H and O–H groups in total. The molecule has 3 atom stereocenters. The van der Waals surface area contributed by atoms with Crippen molar-refractivity contribution >= 4 is 37.1 Å². The molecule has 11 nitrogen and oxygen atoms in total. The minimum atomic E-state index is -5.14. The number of ketones is 1. The van der Waals surface area contributed by atoms with Gasteiger partial charge >= 0.3 is 6.36 Å². The van der Waals surface area contributed by atoms with Gasteiger partial charge in [0.15, 0.2) is 37.6 Å². The summed E-state index contributed by atoms with van der Waals surface area (Å²) in [6.07, 6.45) is -9.20. The highest BCUT2D eigenvalue weighted by molar-refractivity contribution is 6.74. The minimum absolute atomic E-state index is 0.197. The fraction of sp³-hybridized carbons (Fsp3) is 0.667. The van der Waals surface area contributed by atoms with Crippen LogP contribution in [0.4, 0.5) is 19.1 Å². The average Bonchev–Trinajstić information content (AvgIpc) is 3.26. The molecule has 3 rings (SSSR count). The van der Waals surface area contributed by atoms with Crippen LogP contribution >= 0.6 is 0 Å². The monoisotopic (exact) mass is 533 g/mol. The number of aromatic amines is 1. The molecular formula is C21H30F3N5O6Si. The first-order valence-corrected chi connectivity index (χ1v) is 14.2. The lowest BCUT2D eigenvalue weighted by molar-refractivity contribution is -0.345. The maximum Gasteiger partial charge on any atom is 0.523 e. The van der Waals surface area contributed by atoms with Gasteiger partial charge in [-0.1, -0.05) is 34.6 Å². The second-order valence-corrected chi connectivity index (χ2v) is 15.2. The van der Waals surface area contributed by atoms with Crippen molar-refractivity contribution < 1.29 is 36.7 Å². The molecule has 36 heavy (non-hydrogen) atoms. The molecule has 1 amide bonds. The third kappa shape index (κ3) is 5.85. The Hall–Kier alpha value is -2.62. The van der Waals surface area contributed by atoms with E-state index in [-0.39, 0.29) is 28.8 Å². The molecule has 0 bridgehead atoms. The number of ether oxygens (including phenoxy) is 2. The number of H-pyrrole nitrogens is 1. The zero-order chi connectivity index (χ0) is 27.2. The molecule has 1 saturated heterocycles. The van der Waals surface area contributed by atoms with Crippen molar-refractivity contribution in [2.24, 2.45) is 5.92 Å². The number of alkyl halides is 3. The number of nitrogens with zero attached hydrogens (tertiary/aromatic N) is 3. The van der Waals surface area contributed by atoms with Crippen LogP contribution in [0.2, 0.25) is 18.1 Å². The Morgan fingerprint density at radius 1 is 1.28 bits per heavy atom. The molecule has 0 aliphatic carbocycles. The van der Waals surface area contributed by atoms with Gasteiger partial charge in [-0.05, 0) is 18.1 Å². The number of Topliss-reactive ketones (excluding diaryl/α,β-unsaturated/α-hetero) is 1. The highest BCUT2D eigenvalue weighted by Crippen LogP contribution is 2.39. The van der Waals surface area contributed by atoms with Crippen LogP contribution in [0.3, 0.4) is 0 Å². The van der Waals surface area contributed by atoms with Crippen LogP contribution in [0.15, 0.2) is 11.1 Å². The molecule has 1 aliphatic rings. The summed E-state index contributed by atoms with van der Waals surface area (Å²) >= 11 is 0. The third-order valence-corrected chi connectivity index (χ3v) is 10.8. The summed E-state index contributed by atoms with van der Waals surface area (Å²) in [5, 5.41) is 2.21. The van der Waals surface area contributed by atoms with Crippen molar-refractivity contribution in [1.29, 1.82) is 0 Å². The molecule has 3 heterocycles. The number of carbonyl (C=O) groups is 2. The van der Waals surface area contributed by atoms with Crippen molar-refractivity contribution in [2.75, 3.05) is 11.9 Å². The van der Waals surface area contributed by atoms with Crippen molar-refractivity contribution in [2.45, 2.75) is 77.5 Å². The minimum Gasteiger partial charge on any atom is -0.414 e. The zero-order valence-corrected chi connectivity index (χ0v) is 22.0. The van der Waals surface area contributed by atoms with Crippen LogP contribution in [0.25, 0.3) is 11.2 Å². The van der Waals surface area contributed by atoms with Crippen molar-refractivity contribution in [1.82, 2.24) is 19.5 Å². The Balaban J connectivity index is 1.98. The average molecular weight is 534 g/mol. The van der Waals surface area contributed by atoms with E-state index in [9.17, 15) is 27.6 Å². The number of amides is 1. The largest absolute Gasteiger partial charge is 0.523 e. The molecule has 0 spiro atoms. The molecule has 2 aromatic rings. The van der Waals surface area contributed by atoms with Gasteiger partial charge < -0.3 is 9.16 Å². The number of imidazole rings is 1. The lowest BCUT2D eigenvalue weighted by atomic mass is 10.1. The first kappa shape index (κ1) is 28.0. The van der Waals surface area contributed by atoms with E-state index in [4.69, 9.17) is 9.16 Å². The normalized spacial score (nSPS) is 21.5. The van der Waals surface area contributed by atoms with Gasteiger partial charge in [0.1, 0.15) is 6.10 Å². The van der Waals surface area contributed by atoms with E-state index in [1.54, 1.807) is 13.8 Å². The summed E-state index contributed by atoms with van der Waals surface area (Å²) in [6, 6.07) is 0. The molecule has 0 aromatic carbocycles. The highest BCUT2D eigenvalue weighted by Gasteiger charge is 2.52. The van der Waals surface area contributed by atoms with E-state index in [0.717, 1.165) is 10.9 Å². The fourth-order valence-electron chi connectivity index (χ4n) is 3.16. The predicted molar refractivity (Wildman–Crippen MR) is 125 cm³/mol. The quantitative estimate of drug-likeness (QED) is 0.518. The second-order valence-electron chi connectivity index (χ2n) is 10.4. The summed E-state index contributed by atoms with van der Waals surface area (Å²) in [5.74, 6) is -2.07. The van der Waals surface area contributed by atoms with Crippen LogP contribution in [0, 0.1) is 5.92 Å². The Bertz CT molecular complexity index is 1200. The van der Waals surface area contributed by atoms with Crippen LogP contribution in [0.5, 0.6) is 0 Å². The Morgan fingerprint density at radius 3 is 2.47 bits per heavy atom. The van der Waals surface area contributed by atoms with E-state index in [0.29, 0.717) is 0 Å². The lowest BCUT2D eigenvalue weighted by Gasteiger charge is -2.36. The Labute approximate surface area is 205 Å². The van der Waals surface area contributed by atoms with Gasteiger partial charge in [-0.15, -0.1) is 13.2 Å². The summed E-state index contributed by atoms with van der Waals surface area (Å²) in [6.45, 7) is 12.8. The maximum absolute atomic E-state index is 13.2. The smallest absolute Gasteiger partial charge is 0.414 e. The van der Waals surface area contributed by atoms with E-state index in [1.807, 2.05) is 33.9 Å². The second kappa shape index (κ2) is 9.68. The molecule has 0 radical (unpaired) electrons. The number of carbonyl (C=O) groups excluding carboxylic acids is 2. The summed E-state index contributed by atoms with van der Waals surface area (Å²) < 4.78 is 56.5. The molecule has 0 saturated carbocycles. The van der Waals surface area contributed by atoms with E-state index >= 15 is 0 Å². The van der Waals surface area contributed by atoms with Crippen LogP contribution < -0.4 is 10.9 Å². The SMILES string of the molecule is CC(C)C(=O)Nc1nc2c(ncn2[C@@H]2O[C@H](CO[Si](C)(C)C(C)(C)C)C(=O)[C@H]2OC(F)(F)F)c(=O)[nH]1. The Morgan fingerprint density at radius 2 is 1.92 bits per heavy atom. The standard InChI is InChI=1S/C21H30F3N5O6Si/c1-10(2)16(31)27-19-26-15-12(17(32)28-19)25-9-29(15)18-14(35-21(22,23)24)13(30)11(34-18)8-33-36(6,7)20(3,4)5/h9-11,14,18H,8H2,1-7H3,(H2,26,27,28,31,32)/t11-,14-,18-/m1/s1. The Kier molecular flexibility index (Phi) is 7.52. The fourth-order valence-corrected chi connectivity index (χ4v) is 4.16. The van der Waals surface area contributed by atoms with E-state index in [2.05, 4.69) is 25.0 Å². The molecule has 200 valence electrons. The molecule has 1 aliphatic heterocycles. The molecule has 2 aromatic heterocycles. The number of nitrogens with one attached hydrogen (secondary N) is 2. The third-order valence-electron chi connectivity index (χ3n) is 6.30. The number of aromatic nitrogens is 4. The van der Waals surface area contributed by atoms with Gasteiger partial charge in [-0.2, -0.15) is 4.98 Å². The van der Waals surface area contributed by atoms with Crippen molar-refractivity contribution in [3.8, 4) is 0 Å². The van der Waals surface area contributed by atoms with Crippen molar-refractivity contribution in [3.63, 3.8) is 0 Å². The van der Waals surface area contributed by atoms with Gasteiger partial charge in [0.2, 0.25) is 11.9 Å². The summed E-state index contributed by atoms with van der Waals surface area (Å²) in [4.78, 5) is 47.8. The number of anilines is 1. The van der Waals surface area contributed by atoms with Crippen LogP contribution in [-0.2, 0) is 23.5 Å². The van der Waals surface area contributed by atoms with Gasteiger partial charge in [0, 0.05) is 5.92 Å². The number of halogens is 3. The number of rotatable bonds is 7. The first-order valence-electron chi connectivity index (χ1n) is 11.3. The molecule has 15 heteroatoms. The van der Waals surface area contributed by atoms with Crippen molar-refractivity contribution in [3.05, 3.63) is 16.7 Å². The first-order chi connectivity index (χ1) is 16.4. The topological polar surface area (TPSA) is 137 Å². The van der Waals surface area contributed by atoms with Gasteiger partial charge in [-0.3, -0.25) is 34.0 Å². The van der Waals surface area contributed by atoms with Crippen LogP contribution in [0.1, 0.15) is 40.8 Å². The zero-order valence-electron chi connectivity index (χ0n) is 21.0. The maximum atomic E-state index is 13.2. The molecule has 1 fully saturated rings. The summed E-state index contributed by atoms with van der Waals surface area (Å²) in [7, 11) is -2.36. The highest BCUT2D eigenvalue weighted by atomic mass is 28.4. The number of hydrogen-bond acceptors (Lipinski definition) is 8. The van der Waals surface area contributed by atoms with E-state index in [1.165, 1.54) is 0 Å². The number of hydrogen-bond donors (Lipinski definition) is 2. The predicted octanol–water partition coefficient (Wildman–Crippen LogP) is 3.11. The van der Waals surface area contributed by atoms with E-state index < -0.39 is 56.3 Å². The van der Waals surface area contributed by atoms with Gasteiger partial charge in [-0.25, -0.2) is 4.98 Å². The lowest BCUT2D eigenvalue weighted by Crippen LogP contribution is -2.44. The number of fused-ring (bicyclic) bond motifs is 1. The molecular weight excluding hydrogens is 503 g/mol.